The Hall–Kier alpha value is -0.300. The number of ether oxygens (including phenoxy) is 1. The Balaban J connectivity index is 1.34. The van der Waals surface area contributed by atoms with Crippen molar-refractivity contribution in [3.63, 3.8) is 0 Å². The lowest BCUT2D eigenvalue weighted by atomic mass is 9.73. The van der Waals surface area contributed by atoms with E-state index in [1.807, 2.05) is 0 Å². The summed E-state index contributed by atoms with van der Waals surface area (Å²) in [6, 6.07) is 0. The maximum absolute atomic E-state index is 6.26. The molecule has 0 aromatic rings. The minimum absolute atomic E-state index is 0.413. The highest BCUT2D eigenvalue weighted by atomic mass is 16.5. The van der Waals surface area contributed by atoms with Crippen molar-refractivity contribution in [3.05, 3.63) is 12.2 Å². The first-order valence-electron chi connectivity index (χ1n) is 11.6. The SMILES string of the molecule is CCCC1CCC(C2CCC(C=CC3CCC(CC)CC3)OC2)CC1. The first-order valence-corrected chi connectivity index (χ1v) is 11.6. The van der Waals surface area contributed by atoms with Gasteiger partial charge in [0.05, 0.1) is 12.7 Å². The predicted octanol–water partition coefficient (Wildman–Crippen LogP) is 7.16. The summed E-state index contributed by atoms with van der Waals surface area (Å²) in [4.78, 5) is 0. The van der Waals surface area contributed by atoms with Gasteiger partial charge in [0.15, 0.2) is 0 Å². The van der Waals surface area contributed by atoms with Gasteiger partial charge in [0, 0.05) is 0 Å². The molecule has 2 aliphatic carbocycles. The van der Waals surface area contributed by atoms with E-state index in [4.69, 9.17) is 4.74 Å². The fourth-order valence-corrected chi connectivity index (χ4v) is 5.74. The van der Waals surface area contributed by atoms with E-state index < -0.39 is 0 Å². The van der Waals surface area contributed by atoms with Crippen molar-refractivity contribution in [2.24, 2.45) is 29.6 Å². The Morgan fingerprint density at radius 3 is 2.00 bits per heavy atom. The van der Waals surface area contributed by atoms with Crippen LogP contribution in [0.3, 0.4) is 0 Å². The van der Waals surface area contributed by atoms with E-state index in [1.54, 1.807) is 0 Å². The molecule has 0 aromatic carbocycles. The largest absolute Gasteiger partial charge is 0.374 e. The highest BCUT2D eigenvalue weighted by molar-refractivity contribution is 4.97. The summed E-state index contributed by atoms with van der Waals surface area (Å²) in [5, 5.41) is 0. The van der Waals surface area contributed by atoms with Gasteiger partial charge in [0.1, 0.15) is 0 Å². The van der Waals surface area contributed by atoms with Gasteiger partial charge >= 0.3 is 0 Å². The summed E-state index contributed by atoms with van der Waals surface area (Å²) in [6.45, 7) is 5.72. The van der Waals surface area contributed by atoms with Crippen molar-refractivity contribution in [1.82, 2.24) is 0 Å². The molecule has 0 radical (unpaired) electrons. The average molecular weight is 347 g/mol. The zero-order valence-electron chi connectivity index (χ0n) is 16.9. The van der Waals surface area contributed by atoms with Gasteiger partial charge in [0.2, 0.25) is 0 Å². The first kappa shape index (κ1) is 19.5. The monoisotopic (exact) mass is 346 g/mol. The second-order valence-corrected chi connectivity index (χ2v) is 9.35. The number of allylic oxidation sites excluding steroid dienone is 1. The van der Waals surface area contributed by atoms with Crippen LogP contribution in [0.15, 0.2) is 12.2 Å². The van der Waals surface area contributed by atoms with Gasteiger partial charge in [-0.15, -0.1) is 0 Å². The van der Waals surface area contributed by atoms with Crippen LogP contribution in [0.25, 0.3) is 0 Å². The number of hydrogen-bond acceptors (Lipinski definition) is 1. The van der Waals surface area contributed by atoms with Crippen molar-refractivity contribution >= 4 is 0 Å². The van der Waals surface area contributed by atoms with Crippen LogP contribution < -0.4 is 0 Å². The Labute approximate surface area is 157 Å². The van der Waals surface area contributed by atoms with E-state index >= 15 is 0 Å². The fraction of sp³-hybridized carbons (Fsp3) is 0.917. The normalized spacial score (nSPS) is 40.4. The van der Waals surface area contributed by atoms with E-state index in [-0.39, 0.29) is 0 Å². The van der Waals surface area contributed by atoms with Crippen molar-refractivity contribution in [1.29, 1.82) is 0 Å². The first-order chi connectivity index (χ1) is 12.3. The van der Waals surface area contributed by atoms with Gasteiger partial charge in [-0.25, -0.2) is 0 Å². The Kier molecular flexibility index (Phi) is 7.90. The third-order valence-electron chi connectivity index (χ3n) is 7.67. The molecule has 0 amide bonds. The molecule has 1 saturated heterocycles. The van der Waals surface area contributed by atoms with Gasteiger partial charge in [-0.05, 0) is 81.0 Å². The second kappa shape index (κ2) is 10.1. The summed E-state index contributed by atoms with van der Waals surface area (Å²) in [5.41, 5.74) is 0. The molecular formula is C24H42O. The van der Waals surface area contributed by atoms with Crippen LogP contribution in [0.1, 0.15) is 97.3 Å². The van der Waals surface area contributed by atoms with Crippen LogP contribution in [0.4, 0.5) is 0 Å². The summed E-state index contributed by atoms with van der Waals surface area (Å²) in [7, 11) is 0. The molecular weight excluding hydrogens is 304 g/mol. The van der Waals surface area contributed by atoms with E-state index in [1.165, 1.54) is 83.5 Å². The van der Waals surface area contributed by atoms with Crippen LogP contribution in [0.2, 0.25) is 0 Å². The van der Waals surface area contributed by atoms with Crippen molar-refractivity contribution in [2.45, 2.75) is 103 Å². The molecule has 2 atom stereocenters. The van der Waals surface area contributed by atoms with E-state index in [0.717, 1.165) is 36.2 Å². The molecule has 3 aliphatic rings. The standard InChI is InChI=1S/C24H42O/c1-3-5-20-10-13-22(14-11-20)23-15-17-24(25-18-23)16-12-21-8-6-19(4-2)7-9-21/h12,16,19-24H,3-11,13-15,17-18H2,1-2H3. The van der Waals surface area contributed by atoms with Crippen LogP contribution >= 0.6 is 0 Å². The lowest BCUT2D eigenvalue weighted by molar-refractivity contribution is -0.0170. The molecule has 0 aromatic heterocycles. The summed E-state index contributed by atoms with van der Waals surface area (Å²) >= 11 is 0. The van der Waals surface area contributed by atoms with E-state index in [2.05, 4.69) is 26.0 Å². The maximum Gasteiger partial charge on any atom is 0.0756 e. The zero-order chi connectivity index (χ0) is 17.5. The molecule has 0 N–H and O–H groups in total. The van der Waals surface area contributed by atoms with Crippen molar-refractivity contribution in [3.8, 4) is 0 Å². The molecule has 1 aliphatic heterocycles. The molecule has 1 heteroatoms. The molecule has 2 unspecified atom stereocenters. The third-order valence-corrected chi connectivity index (χ3v) is 7.67. The predicted molar refractivity (Wildman–Crippen MR) is 108 cm³/mol. The molecule has 0 bridgehead atoms. The van der Waals surface area contributed by atoms with Crippen LogP contribution in [-0.4, -0.2) is 12.7 Å². The van der Waals surface area contributed by atoms with Crippen molar-refractivity contribution < 1.29 is 4.74 Å². The lowest BCUT2D eigenvalue weighted by Crippen LogP contribution is -2.31. The minimum atomic E-state index is 0.413. The lowest BCUT2D eigenvalue weighted by Gasteiger charge is -2.37. The Morgan fingerprint density at radius 2 is 1.40 bits per heavy atom. The van der Waals surface area contributed by atoms with Crippen LogP contribution in [0.5, 0.6) is 0 Å². The number of hydrogen-bond donors (Lipinski definition) is 0. The minimum Gasteiger partial charge on any atom is -0.374 e. The maximum atomic E-state index is 6.26. The summed E-state index contributed by atoms with van der Waals surface area (Å²) in [6.07, 6.45) is 23.8. The Bertz CT molecular complexity index is 377. The van der Waals surface area contributed by atoms with Gasteiger partial charge in [0.25, 0.3) is 0 Å². The summed E-state index contributed by atoms with van der Waals surface area (Å²) < 4.78 is 6.26. The molecule has 1 heterocycles. The van der Waals surface area contributed by atoms with Crippen LogP contribution in [0, 0.1) is 29.6 Å². The molecule has 25 heavy (non-hydrogen) atoms. The molecule has 3 fully saturated rings. The smallest absolute Gasteiger partial charge is 0.0756 e. The van der Waals surface area contributed by atoms with Crippen LogP contribution in [-0.2, 0) is 4.74 Å². The molecule has 1 nitrogen and oxygen atoms in total. The number of rotatable bonds is 6. The summed E-state index contributed by atoms with van der Waals surface area (Å²) in [5.74, 6) is 4.68. The van der Waals surface area contributed by atoms with Gasteiger partial charge in [-0.1, -0.05) is 58.1 Å². The molecule has 2 saturated carbocycles. The molecule has 144 valence electrons. The topological polar surface area (TPSA) is 9.23 Å². The zero-order valence-corrected chi connectivity index (χ0v) is 16.9. The Morgan fingerprint density at radius 1 is 0.720 bits per heavy atom. The van der Waals surface area contributed by atoms with Crippen molar-refractivity contribution in [2.75, 3.05) is 6.61 Å². The highest BCUT2D eigenvalue weighted by Crippen LogP contribution is 2.39. The highest BCUT2D eigenvalue weighted by Gasteiger charge is 2.30. The van der Waals surface area contributed by atoms with E-state index in [9.17, 15) is 0 Å². The third kappa shape index (κ3) is 5.84. The fourth-order valence-electron chi connectivity index (χ4n) is 5.74. The van der Waals surface area contributed by atoms with Gasteiger partial charge in [-0.3, -0.25) is 0 Å². The molecule has 0 spiro atoms. The van der Waals surface area contributed by atoms with Gasteiger partial charge in [-0.2, -0.15) is 0 Å². The molecule has 3 rings (SSSR count). The van der Waals surface area contributed by atoms with Gasteiger partial charge < -0.3 is 4.74 Å². The average Bonchev–Trinajstić information content (AvgIpc) is 2.68. The van der Waals surface area contributed by atoms with E-state index in [0.29, 0.717) is 6.10 Å². The quantitative estimate of drug-likeness (QED) is 0.463. The second-order valence-electron chi connectivity index (χ2n) is 9.35.